The Morgan fingerprint density at radius 3 is 2.63 bits per heavy atom. The van der Waals surface area contributed by atoms with E-state index in [-0.39, 0.29) is 11.8 Å². The van der Waals surface area contributed by atoms with Crippen LogP contribution in [0.1, 0.15) is 35.4 Å². The highest BCUT2D eigenvalue weighted by molar-refractivity contribution is 5.93. The van der Waals surface area contributed by atoms with Gasteiger partial charge in [-0.25, -0.2) is 4.98 Å². The molecule has 4 rings (SSSR count). The number of para-hydroxylation sites is 2. The minimum Gasteiger partial charge on any atom is -0.356 e. The normalized spacial score (nSPS) is 14.9. The zero-order chi connectivity index (χ0) is 21.1. The van der Waals surface area contributed by atoms with E-state index in [2.05, 4.69) is 26.0 Å². The Bertz CT molecular complexity index is 1050. The molecule has 1 aliphatic heterocycles. The number of fused-ring (bicyclic) bond motifs is 1. The van der Waals surface area contributed by atoms with E-state index in [1.54, 1.807) is 24.1 Å². The Hall–Kier alpha value is -3.16. The standard InChI is InChI=1S/C22H28N6O2/c1-26-15-17(14-24-26)22(30)28-11-8-16(9-12-28)13-21(29)23-10-7-20-25-18-5-3-4-6-19(18)27(20)2/h3-6,14-16H,7-13H2,1-2H3,(H,23,29). The molecule has 0 aliphatic carbocycles. The van der Waals surface area contributed by atoms with Gasteiger partial charge in [-0.3, -0.25) is 14.3 Å². The third-order valence-corrected chi connectivity index (χ3v) is 5.88. The predicted molar refractivity (Wildman–Crippen MR) is 114 cm³/mol. The van der Waals surface area contributed by atoms with Crippen molar-refractivity contribution < 1.29 is 9.59 Å². The van der Waals surface area contributed by atoms with E-state index in [4.69, 9.17) is 0 Å². The number of likely N-dealkylation sites (tertiary alicyclic amines) is 1. The first-order valence-electron chi connectivity index (χ1n) is 10.5. The summed E-state index contributed by atoms with van der Waals surface area (Å²) >= 11 is 0. The molecule has 0 radical (unpaired) electrons. The van der Waals surface area contributed by atoms with Crippen LogP contribution in [0.3, 0.4) is 0 Å². The molecule has 3 heterocycles. The Labute approximate surface area is 175 Å². The number of imidazole rings is 1. The third-order valence-electron chi connectivity index (χ3n) is 5.88. The molecular weight excluding hydrogens is 380 g/mol. The lowest BCUT2D eigenvalue weighted by atomic mass is 9.93. The molecule has 2 aromatic heterocycles. The van der Waals surface area contributed by atoms with Gasteiger partial charge in [-0.05, 0) is 30.9 Å². The highest BCUT2D eigenvalue weighted by Gasteiger charge is 2.25. The lowest BCUT2D eigenvalue weighted by molar-refractivity contribution is -0.122. The summed E-state index contributed by atoms with van der Waals surface area (Å²) in [7, 11) is 3.81. The van der Waals surface area contributed by atoms with E-state index in [1.807, 2.05) is 30.1 Å². The summed E-state index contributed by atoms with van der Waals surface area (Å²) in [6, 6.07) is 8.04. The molecule has 1 aliphatic rings. The number of piperidine rings is 1. The molecule has 2 amide bonds. The molecule has 0 bridgehead atoms. The first-order chi connectivity index (χ1) is 14.5. The third kappa shape index (κ3) is 4.37. The van der Waals surface area contributed by atoms with Crippen molar-refractivity contribution in [3.8, 4) is 0 Å². The van der Waals surface area contributed by atoms with Gasteiger partial charge in [0.15, 0.2) is 0 Å². The highest BCUT2D eigenvalue weighted by atomic mass is 16.2. The van der Waals surface area contributed by atoms with Crippen LogP contribution >= 0.6 is 0 Å². The summed E-state index contributed by atoms with van der Waals surface area (Å²) in [5.74, 6) is 1.39. The molecule has 3 aromatic rings. The van der Waals surface area contributed by atoms with Crippen molar-refractivity contribution in [2.75, 3.05) is 19.6 Å². The molecule has 8 nitrogen and oxygen atoms in total. The van der Waals surface area contributed by atoms with Crippen LogP contribution in [0.15, 0.2) is 36.7 Å². The minimum absolute atomic E-state index is 0.0217. The SMILES string of the molecule is Cn1cc(C(=O)N2CCC(CC(=O)NCCc3nc4ccccc4n3C)CC2)cn1. The number of amides is 2. The first kappa shape index (κ1) is 20.1. The van der Waals surface area contributed by atoms with Gasteiger partial charge in [0.25, 0.3) is 5.91 Å². The fourth-order valence-corrected chi connectivity index (χ4v) is 4.12. The number of hydrogen-bond acceptors (Lipinski definition) is 4. The molecule has 1 aromatic carbocycles. The lowest BCUT2D eigenvalue weighted by Gasteiger charge is -2.31. The fourth-order valence-electron chi connectivity index (χ4n) is 4.12. The molecular formula is C22H28N6O2. The van der Waals surface area contributed by atoms with Crippen molar-refractivity contribution >= 4 is 22.8 Å². The molecule has 0 unspecified atom stereocenters. The maximum Gasteiger partial charge on any atom is 0.257 e. The van der Waals surface area contributed by atoms with Gasteiger partial charge in [0.2, 0.25) is 5.91 Å². The zero-order valence-corrected chi connectivity index (χ0v) is 17.5. The summed E-state index contributed by atoms with van der Waals surface area (Å²) < 4.78 is 3.72. The number of rotatable bonds is 6. The maximum atomic E-state index is 12.5. The molecule has 1 N–H and O–H groups in total. The van der Waals surface area contributed by atoms with Crippen LogP contribution in [-0.2, 0) is 25.3 Å². The number of aromatic nitrogens is 4. The van der Waals surface area contributed by atoms with Crippen molar-refractivity contribution in [2.45, 2.75) is 25.7 Å². The molecule has 30 heavy (non-hydrogen) atoms. The number of hydrogen-bond donors (Lipinski definition) is 1. The van der Waals surface area contributed by atoms with Crippen molar-refractivity contribution in [3.05, 3.63) is 48.0 Å². The van der Waals surface area contributed by atoms with Crippen LogP contribution in [0.25, 0.3) is 11.0 Å². The summed E-state index contributed by atoms with van der Waals surface area (Å²) in [5, 5.41) is 7.09. The maximum absolute atomic E-state index is 12.5. The van der Waals surface area contributed by atoms with Gasteiger partial charge in [-0.1, -0.05) is 12.1 Å². The van der Waals surface area contributed by atoms with Crippen molar-refractivity contribution in [1.82, 2.24) is 29.5 Å². The minimum atomic E-state index is 0.0217. The van der Waals surface area contributed by atoms with Gasteiger partial charge in [-0.15, -0.1) is 0 Å². The molecule has 0 atom stereocenters. The van der Waals surface area contributed by atoms with E-state index in [1.165, 1.54) is 0 Å². The smallest absolute Gasteiger partial charge is 0.257 e. The summed E-state index contributed by atoms with van der Waals surface area (Å²) in [4.78, 5) is 31.4. The van der Waals surface area contributed by atoms with E-state index in [9.17, 15) is 9.59 Å². The van der Waals surface area contributed by atoms with Crippen LogP contribution in [-0.4, -0.2) is 55.7 Å². The highest BCUT2D eigenvalue weighted by Crippen LogP contribution is 2.22. The number of nitrogens with zero attached hydrogens (tertiary/aromatic N) is 5. The number of benzene rings is 1. The zero-order valence-electron chi connectivity index (χ0n) is 17.5. The van der Waals surface area contributed by atoms with Crippen LogP contribution in [0.5, 0.6) is 0 Å². The Morgan fingerprint density at radius 2 is 1.93 bits per heavy atom. The van der Waals surface area contributed by atoms with E-state index < -0.39 is 0 Å². The largest absolute Gasteiger partial charge is 0.356 e. The number of aryl methyl sites for hydroxylation is 2. The van der Waals surface area contributed by atoms with Gasteiger partial charge >= 0.3 is 0 Å². The molecule has 1 fully saturated rings. The summed E-state index contributed by atoms with van der Waals surface area (Å²) in [6.45, 7) is 1.95. The first-order valence-corrected chi connectivity index (χ1v) is 10.5. The van der Waals surface area contributed by atoms with Crippen LogP contribution < -0.4 is 5.32 Å². The number of carbonyl (C=O) groups excluding carboxylic acids is 2. The Balaban J connectivity index is 1.20. The quantitative estimate of drug-likeness (QED) is 0.675. The second-order valence-electron chi connectivity index (χ2n) is 8.02. The lowest BCUT2D eigenvalue weighted by Crippen LogP contribution is -2.39. The summed E-state index contributed by atoms with van der Waals surface area (Å²) in [6.07, 6.45) is 6.26. The van der Waals surface area contributed by atoms with Gasteiger partial charge in [0.1, 0.15) is 5.82 Å². The van der Waals surface area contributed by atoms with Crippen LogP contribution in [0, 0.1) is 5.92 Å². The van der Waals surface area contributed by atoms with E-state index in [0.29, 0.717) is 44.0 Å². The van der Waals surface area contributed by atoms with Gasteiger partial charge in [0, 0.05) is 52.8 Å². The van der Waals surface area contributed by atoms with E-state index in [0.717, 1.165) is 29.7 Å². The van der Waals surface area contributed by atoms with E-state index >= 15 is 0 Å². The predicted octanol–water partition coefficient (Wildman–Crippen LogP) is 1.91. The summed E-state index contributed by atoms with van der Waals surface area (Å²) in [5.41, 5.74) is 2.70. The molecule has 158 valence electrons. The molecule has 8 heteroatoms. The molecule has 1 saturated heterocycles. The van der Waals surface area contributed by atoms with Crippen molar-refractivity contribution in [2.24, 2.45) is 20.0 Å². The topological polar surface area (TPSA) is 85.0 Å². The van der Waals surface area contributed by atoms with Crippen LogP contribution in [0.2, 0.25) is 0 Å². The average molecular weight is 409 g/mol. The van der Waals surface area contributed by atoms with Gasteiger partial charge in [-0.2, -0.15) is 5.10 Å². The Kier molecular flexibility index (Phi) is 5.83. The average Bonchev–Trinajstić information content (AvgIpc) is 3.32. The second-order valence-corrected chi connectivity index (χ2v) is 8.02. The van der Waals surface area contributed by atoms with Crippen molar-refractivity contribution in [1.29, 1.82) is 0 Å². The Morgan fingerprint density at radius 1 is 1.17 bits per heavy atom. The van der Waals surface area contributed by atoms with Gasteiger partial charge in [0.05, 0.1) is 22.8 Å². The second kappa shape index (κ2) is 8.69. The van der Waals surface area contributed by atoms with Gasteiger partial charge < -0.3 is 14.8 Å². The molecule has 0 saturated carbocycles. The number of carbonyl (C=O) groups is 2. The fraction of sp³-hybridized carbons (Fsp3) is 0.455. The molecule has 0 spiro atoms. The number of nitrogens with one attached hydrogen (secondary N) is 1. The van der Waals surface area contributed by atoms with Crippen LogP contribution in [0.4, 0.5) is 0 Å². The van der Waals surface area contributed by atoms with Crippen molar-refractivity contribution in [3.63, 3.8) is 0 Å². The monoisotopic (exact) mass is 408 g/mol.